The highest BCUT2D eigenvalue weighted by atomic mass is 16.5. The Balaban J connectivity index is 1.55. The van der Waals surface area contributed by atoms with Crippen molar-refractivity contribution in [1.29, 1.82) is 0 Å². The van der Waals surface area contributed by atoms with Crippen molar-refractivity contribution in [3.05, 3.63) is 89.0 Å². The van der Waals surface area contributed by atoms with Crippen LogP contribution in [0.3, 0.4) is 0 Å². The maximum atomic E-state index is 12.1. The highest BCUT2D eigenvalue weighted by Crippen LogP contribution is 2.43. The topological polar surface area (TPSA) is 79.8 Å². The molecule has 1 amide bonds. The molecule has 1 fully saturated rings. The molecule has 0 radical (unpaired) electrons. The van der Waals surface area contributed by atoms with E-state index in [9.17, 15) is 9.90 Å². The Bertz CT molecular complexity index is 1240. The molecule has 3 N–H and O–H groups in total. The van der Waals surface area contributed by atoms with Gasteiger partial charge in [-0.05, 0) is 71.8 Å². The average molecular weight is 531 g/mol. The Kier molecular flexibility index (Phi) is 9.78. The summed E-state index contributed by atoms with van der Waals surface area (Å²) in [6, 6.07) is 22.8. The van der Waals surface area contributed by atoms with E-state index in [-0.39, 0.29) is 11.8 Å². The van der Waals surface area contributed by atoms with Gasteiger partial charge in [-0.15, -0.1) is 0 Å². The zero-order chi connectivity index (χ0) is 27.8. The molecule has 1 aliphatic rings. The molecule has 1 aliphatic heterocycles. The van der Waals surface area contributed by atoms with Gasteiger partial charge in [0.2, 0.25) is 5.91 Å². The van der Waals surface area contributed by atoms with Crippen LogP contribution in [0.5, 0.6) is 5.75 Å². The van der Waals surface area contributed by atoms with E-state index in [1.54, 1.807) is 14.0 Å². The average Bonchev–Trinajstić information content (AvgIpc) is 2.93. The number of piperidine rings is 1. The lowest BCUT2D eigenvalue weighted by Gasteiger charge is -2.42. The molecule has 3 aromatic carbocycles. The first-order valence-electron chi connectivity index (χ1n) is 13.9. The van der Waals surface area contributed by atoms with Gasteiger partial charge >= 0.3 is 0 Å². The van der Waals surface area contributed by atoms with Crippen LogP contribution >= 0.6 is 0 Å². The van der Waals surface area contributed by atoms with Crippen LogP contribution in [0.1, 0.15) is 48.4 Å². The summed E-state index contributed by atoms with van der Waals surface area (Å²) < 4.78 is 11.1. The maximum absolute atomic E-state index is 12.1. The number of aliphatic hydroxyl groups is 1. The molecule has 6 nitrogen and oxygen atoms in total. The highest BCUT2D eigenvalue weighted by Gasteiger charge is 2.42. The summed E-state index contributed by atoms with van der Waals surface area (Å²) in [5.74, 6) is 1.01. The molecular weight excluding hydrogens is 488 g/mol. The first-order chi connectivity index (χ1) is 18.8. The van der Waals surface area contributed by atoms with E-state index >= 15 is 0 Å². The Morgan fingerprint density at radius 2 is 1.90 bits per heavy atom. The molecule has 3 unspecified atom stereocenters. The van der Waals surface area contributed by atoms with Gasteiger partial charge in [0.25, 0.3) is 0 Å². The smallest absolute Gasteiger partial charge is 0.216 e. The standard InChI is InChI=1S/C33H42N2O4/c1-23(21-38-4)22-39-29-12-10-28(11-13-29)33(37)16-18-34-20-32(33)30-14-9-27(19-24(30)2)31-8-6-5-7-26(31)15-17-35-25(3)36/h5-14,19,23,32,34,37H,15-18,20-22H2,1-4H3,(H,35,36). The van der Waals surface area contributed by atoms with Crippen molar-refractivity contribution >= 4 is 5.91 Å². The van der Waals surface area contributed by atoms with Crippen LogP contribution in [0.25, 0.3) is 11.1 Å². The highest BCUT2D eigenvalue weighted by molar-refractivity contribution is 5.73. The predicted molar refractivity (Wildman–Crippen MR) is 156 cm³/mol. The Labute approximate surface area is 232 Å². The molecule has 0 aromatic heterocycles. The van der Waals surface area contributed by atoms with E-state index in [4.69, 9.17) is 9.47 Å². The van der Waals surface area contributed by atoms with Gasteiger partial charge in [-0.2, -0.15) is 0 Å². The van der Waals surface area contributed by atoms with Gasteiger partial charge in [0.1, 0.15) is 5.75 Å². The van der Waals surface area contributed by atoms with Crippen LogP contribution in [0.4, 0.5) is 0 Å². The van der Waals surface area contributed by atoms with Gasteiger partial charge in [0.15, 0.2) is 0 Å². The van der Waals surface area contributed by atoms with E-state index < -0.39 is 5.60 Å². The SMILES string of the molecule is COCC(C)COc1ccc(C2(O)CCNCC2c2ccc(-c3ccccc3CCNC(C)=O)cc2C)cc1. The molecule has 1 heterocycles. The Morgan fingerprint density at radius 1 is 1.13 bits per heavy atom. The summed E-state index contributed by atoms with van der Waals surface area (Å²) in [5, 5.41) is 18.5. The predicted octanol–water partition coefficient (Wildman–Crippen LogP) is 4.97. The summed E-state index contributed by atoms with van der Waals surface area (Å²) >= 11 is 0. The van der Waals surface area contributed by atoms with Crippen molar-refractivity contribution in [3.63, 3.8) is 0 Å². The Morgan fingerprint density at radius 3 is 2.62 bits per heavy atom. The normalized spacial score (nSPS) is 19.9. The molecule has 0 spiro atoms. The van der Waals surface area contributed by atoms with E-state index in [2.05, 4.69) is 60.9 Å². The Hall–Kier alpha value is -3.19. The molecule has 6 heteroatoms. The summed E-state index contributed by atoms with van der Waals surface area (Å²) in [4.78, 5) is 11.3. The summed E-state index contributed by atoms with van der Waals surface area (Å²) in [6.07, 6.45) is 1.41. The second-order valence-electron chi connectivity index (χ2n) is 10.8. The molecule has 0 saturated carbocycles. The minimum atomic E-state index is -0.977. The third-order valence-electron chi connectivity index (χ3n) is 7.69. The van der Waals surface area contributed by atoms with Gasteiger partial charge in [0, 0.05) is 39.0 Å². The van der Waals surface area contributed by atoms with Crippen molar-refractivity contribution in [2.45, 2.75) is 45.1 Å². The molecule has 39 heavy (non-hydrogen) atoms. The number of amides is 1. The fraction of sp³-hybridized carbons (Fsp3) is 0.424. The van der Waals surface area contributed by atoms with Crippen molar-refractivity contribution in [1.82, 2.24) is 10.6 Å². The number of carbonyl (C=O) groups excluding carboxylic acids is 1. The number of carbonyl (C=O) groups is 1. The molecule has 3 aromatic rings. The molecule has 0 bridgehead atoms. The van der Waals surface area contributed by atoms with Crippen molar-refractivity contribution < 1.29 is 19.4 Å². The zero-order valence-corrected chi connectivity index (χ0v) is 23.6. The van der Waals surface area contributed by atoms with Crippen LogP contribution in [0.2, 0.25) is 0 Å². The fourth-order valence-electron chi connectivity index (χ4n) is 5.62. The lowest BCUT2D eigenvalue weighted by Crippen LogP contribution is -2.46. The lowest BCUT2D eigenvalue weighted by atomic mass is 9.72. The maximum Gasteiger partial charge on any atom is 0.216 e. The van der Waals surface area contributed by atoms with Gasteiger partial charge in [-0.3, -0.25) is 4.79 Å². The van der Waals surface area contributed by atoms with Crippen LogP contribution in [-0.4, -0.2) is 51.0 Å². The minimum Gasteiger partial charge on any atom is -0.493 e. The third-order valence-corrected chi connectivity index (χ3v) is 7.69. The molecule has 1 saturated heterocycles. The largest absolute Gasteiger partial charge is 0.493 e. The van der Waals surface area contributed by atoms with Gasteiger partial charge in [-0.25, -0.2) is 0 Å². The monoisotopic (exact) mass is 530 g/mol. The van der Waals surface area contributed by atoms with E-state index in [0.717, 1.165) is 41.0 Å². The van der Waals surface area contributed by atoms with Crippen molar-refractivity contribution in [3.8, 4) is 16.9 Å². The lowest BCUT2D eigenvalue weighted by molar-refractivity contribution is -0.118. The summed E-state index contributed by atoms with van der Waals surface area (Å²) in [5.41, 5.74) is 5.76. The molecule has 3 atom stereocenters. The molecule has 208 valence electrons. The second-order valence-corrected chi connectivity index (χ2v) is 10.8. The number of nitrogens with one attached hydrogen (secondary N) is 2. The van der Waals surface area contributed by atoms with E-state index in [1.807, 2.05) is 30.3 Å². The molecular formula is C33H42N2O4. The third kappa shape index (κ3) is 7.07. The van der Waals surface area contributed by atoms with Crippen LogP contribution < -0.4 is 15.4 Å². The fourth-order valence-corrected chi connectivity index (χ4v) is 5.62. The number of benzene rings is 3. The second kappa shape index (κ2) is 13.2. The summed E-state index contributed by atoms with van der Waals surface area (Å²) in [6.45, 7) is 9.10. The van der Waals surface area contributed by atoms with Crippen molar-refractivity contribution in [2.75, 3.05) is 40.0 Å². The van der Waals surface area contributed by atoms with Gasteiger partial charge in [-0.1, -0.05) is 61.5 Å². The van der Waals surface area contributed by atoms with E-state index in [1.165, 1.54) is 11.1 Å². The number of aryl methyl sites for hydroxylation is 1. The van der Waals surface area contributed by atoms with Crippen molar-refractivity contribution in [2.24, 2.45) is 5.92 Å². The van der Waals surface area contributed by atoms with Gasteiger partial charge in [0.05, 0.1) is 18.8 Å². The molecule has 0 aliphatic carbocycles. The van der Waals surface area contributed by atoms with E-state index in [0.29, 0.717) is 38.6 Å². The summed E-state index contributed by atoms with van der Waals surface area (Å²) in [7, 11) is 1.70. The molecule has 4 rings (SSSR count). The number of hydrogen-bond donors (Lipinski definition) is 3. The first kappa shape index (κ1) is 28.8. The van der Waals surface area contributed by atoms with Gasteiger partial charge < -0.3 is 25.2 Å². The van der Waals surface area contributed by atoms with Crippen LogP contribution in [-0.2, 0) is 21.6 Å². The van der Waals surface area contributed by atoms with Crippen LogP contribution in [0, 0.1) is 12.8 Å². The number of ether oxygens (including phenoxy) is 2. The first-order valence-corrected chi connectivity index (χ1v) is 13.9. The quantitative estimate of drug-likeness (QED) is 0.326. The number of hydrogen-bond acceptors (Lipinski definition) is 5. The number of rotatable bonds is 11. The minimum absolute atomic E-state index is 0.0138. The number of methoxy groups -OCH3 is 1. The zero-order valence-electron chi connectivity index (χ0n) is 23.6. The van der Waals surface area contributed by atoms with Crippen LogP contribution in [0.15, 0.2) is 66.7 Å².